The quantitative estimate of drug-likeness (QED) is 0.602. The van der Waals surface area contributed by atoms with Gasteiger partial charge in [-0.3, -0.25) is 4.79 Å². The van der Waals surface area contributed by atoms with Gasteiger partial charge in [-0.05, 0) is 12.8 Å². The van der Waals surface area contributed by atoms with E-state index in [9.17, 15) is 4.79 Å². The van der Waals surface area contributed by atoms with E-state index >= 15 is 0 Å². The van der Waals surface area contributed by atoms with Crippen LogP contribution in [0.4, 0.5) is 0 Å². The van der Waals surface area contributed by atoms with E-state index in [0.29, 0.717) is 6.42 Å². The largest absolute Gasteiger partial charge is 0.469 e. The molecule has 0 radical (unpaired) electrons. The number of ether oxygens (including phenoxy) is 1. The molecule has 0 aliphatic heterocycles. The van der Waals surface area contributed by atoms with E-state index in [1.54, 1.807) is 6.92 Å². The Bertz CT molecular complexity index is 183. The molecule has 2 unspecified atom stereocenters. The molecule has 0 aromatic heterocycles. The molecule has 0 aliphatic rings. The van der Waals surface area contributed by atoms with Gasteiger partial charge in [-0.15, -0.1) is 0 Å². The summed E-state index contributed by atoms with van der Waals surface area (Å²) in [6.45, 7) is 3.73. The number of hydrogen-bond acceptors (Lipinski definition) is 3. The minimum Gasteiger partial charge on any atom is -0.469 e. The molecule has 0 saturated carbocycles. The van der Waals surface area contributed by atoms with Crippen molar-refractivity contribution in [2.45, 2.75) is 26.7 Å². The van der Waals surface area contributed by atoms with Gasteiger partial charge in [0.1, 0.15) is 0 Å². The zero-order chi connectivity index (χ0) is 9.56. The first-order chi connectivity index (χ1) is 5.65. The summed E-state index contributed by atoms with van der Waals surface area (Å²) in [5.41, 5.74) is 0. The van der Waals surface area contributed by atoms with Gasteiger partial charge in [0.25, 0.3) is 0 Å². The topological polar surface area (TPSA) is 50.1 Å². The number of nitrogens with zero attached hydrogens (tertiary/aromatic N) is 1. The Hall–Kier alpha value is -1.04. The second-order valence-electron chi connectivity index (χ2n) is 2.89. The zero-order valence-electron chi connectivity index (χ0n) is 7.83. The lowest BCUT2D eigenvalue weighted by atomic mass is 9.95. The SMILES string of the molecule is CCC(C#N)CC(C)C(=O)OC. The van der Waals surface area contributed by atoms with E-state index < -0.39 is 0 Å². The smallest absolute Gasteiger partial charge is 0.308 e. The Kier molecular flexibility index (Phi) is 5.11. The summed E-state index contributed by atoms with van der Waals surface area (Å²) in [6, 6.07) is 2.15. The minimum atomic E-state index is -0.233. The Labute approximate surface area is 73.3 Å². The Balaban J connectivity index is 3.91. The molecular formula is C9H15NO2. The maximum absolute atomic E-state index is 10.9. The average molecular weight is 169 g/mol. The van der Waals surface area contributed by atoms with Gasteiger partial charge >= 0.3 is 5.97 Å². The number of esters is 1. The molecular weight excluding hydrogens is 154 g/mol. The summed E-state index contributed by atoms with van der Waals surface area (Å²) in [5, 5.41) is 8.63. The van der Waals surface area contributed by atoms with Crippen LogP contribution in [0.2, 0.25) is 0 Å². The van der Waals surface area contributed by atoms with Crippen molar-refractivity contribution in [1.29, 1.82) is 5.26 Å². The van der Waals surface area contributed by atoms with Gasteiger partial charge in [0.05, 0.1) is 19.1 Å². The molecule has 0 aliphatic carbocycles. The van der Waals surface area contributed by atoms with E-state index in [2.05, 4.69) is 10.8 Å². The van der Waals surface area contributed by atoms with Crippen molar-refractivity contribution in [3.05, 3.63) is 0 Å². The van der Waals surface area contributed by atoms with Gasteiger partial charge in [0, 0.05) is 5.92 Å². The molecule has 0 rings (SSSR count). The highest BCUT2D eigenvalue weighted by Crippen LogP contribution is 2.15. The Morgan fingerprint density at radius 3 is 2.58 bits per heavy atom. The molecule has 3 nitrogen and oxygen atoms in total. The highest BCUT2D eigenvalue weighted by molar-refractivity contribution is 5.71. The van der Waals surface area contributed by atoms with Crippen molar-refractivity contribution in [3.8, 4) is 6.07 Å². The third-order valence-electron chi connectivity index (χ3n) is 1.92. The first kappa shape index (κ1) is 11.0. The number of carbonyl (C=O) groups excluding carboxylic acids is 1. The fourth-order valence-corrected chi connectivity index (χ4v) is 1.03. The predicted octanol–water partition coefficient (Wildman–Crippen LogP) is 1.74. The molecule has 2 atom stereocenters. The van der Waals surface area contributed by atoms with E-state index in [4.69, 9.17) is 5.26 Å². The van der Waals surface area contributed by atoms with Crippen LogP contribution in [0.25, 0.3) is 0 Å². The summed E-state index contributed by atoms with van der Waals surface area (Å²) in [7, 11) is 1.37. The lowest BCUT2D eigenvalue weighted by Gasteiger charge is -2.11. The minimum absolute atomic E-state index is 0.0286. The second kappa shape index (κ2) is 5.59. The van der Waals surface area contributed by atoms with Gasteiger partial charge in [-0.25, -0.2) is 0 Å². The van der Waals surface area contributed by atoms with Gasteiger partial charge in [-0.1, -0.05) is 13.8 Å². The molecule has 0 bridgehead atoms. The zero-order valence-corrected chi connectivity index (χ0v) is 7.83. The molecule has 0 saturated heterocycles. The van der Waals surface area contributed by atoms with Crippen molar-refractivity contribution >= 4 is 5.97 Å². The van der Waals surface area contributed by atoms with Crippen LogP contribution in [0, 0.1) is 23.2 Å². The number of nitriles is 1. The van der Waals surface area contributed by atoms with Crippen LogP contribution < -0.4 is 0 Å². The third-order valence-corrected chi connectivity index (χ3v) is 1.92. The first-order valence-corrected chi connectivity index (χ1v) is 4.13. The third kappa shape index (κ3) is 3.38. The average Bonchev–Trinajstić information content (AvgIpc) is 2.12. The summed E-state index contributed by atoms with van der Waals surface area (Å²) < 4.78 is 4.55. The summed E-state index contributed by atoms with van der Waals surface area (Å²) in [6.07, 6.45) is 1.39. The molecule has 0 amide bonds. The van der Waals surface area contributed by atoms with Crippen molar-refractivity contribution in [3.63, 3.8) is 0 Å². The lowest BCUT2D eigenvalue weighted by molar-refractivity contribution is -0.145. The monoisotopic (exact) mass is 169 g/mol. The van der Waals surface area contributed by atoms with Crippen LogP contribution in [0.1, 0.15) is 26.7 Å². The van der Waals surface area contributed by atoms with E-state index in [1.807, 2.05) is 6.92 Å². The molecule has 3 heteroatoms. The Morgan fingerprint density at radius 2 is 2.25 bits per heavy atom. The molecule has 68 valence electrons. The van der Waals surface area contributed by atoms with Crippen LogP contribution in [0.15, 0.2) is 0 Å². The van der Waals surface area contributed by atoms with Gasteiger partial charge in [0.15, 0.2) is 0 Å². The predicted molar refractivity (Wildman–Crippen MR) is 45.2 cm³/mol. The first-order valence-electron chi connectivity index (χ1n) is 4.13. The van der Waals surface area contributed by atoms with E-state index in [0.717, 1.165) is 6.42 Å². The van der Waals surface area contributed by atoms with Crippen LogP contribution >= 0.6 is 0 Å². The van der Waals surface area contributed by atoms with Crippen LogP contribution in [-0.4, -0.2) is 13.1 Å². The van der Waals surface area contributed by atoms with Crippen molar-refractivity contribution in [2.75, 3.05) is 7.11 Å². The van der Waals surface area contributed by atoms with Crippen LogP contribution in [0.3, 0.4) is 0 Å². The molecule has 12 heavy (non-hydrogen) atoms. The summed E-state index contributed by atoms with van der Waals surface area (Å²) in [5.74, 6) is -0.428. The Morgan fingerprint density at radius 1 is 1.67 bits per heavy atom. The molecule has 0 aromatic carbocycles. The fourth-order valence-electron chi connectivity index (χ4n) is 1.03. The highest BCUT2D eigenvalue weighted by atomic mass is 16.5. The highest BCUT2D eigenvalue weighted by Gasteiger charge is 2.17. The van der Waals surface area contributed by atoms with Crippen molar-refractivity contribution in [2.24, 2.45) is 11.8 Å². The van der Waals surface area contributed by atoms with E-state index in [-0.39, 0.29) is 17.8 Å². The maximum atomic E-state index is 10.9. The fraction of sp³-hybridized carbons (Fsp3) is 0.778. The number of methoxy groups -OCH3 is 1. The molecule has 0 aromatic rings. The van der Waals surface area contributed by atoms with Gasteiger partial charge in [-0.2, -0.15) is 5.26 Å². The second-order valence-corrected chi connectivity index (χ2v) is 2.89. The number of rotatable bonds is 4. The van der Waals surface area contributed by atoms with Gasteiger partial charge in [0.2, 0.25) is 0 Å². The van der Waals surface area contributed by atoms with Gasteiger partial charge < -0.3 is 4.74 Å². The maximum Gasteiger partial charge on any atom is 0.308 e. The molecule has 0 spiro atoms. The number of hydrogen-bond donors (Lipinski definition) is 0. The van der Waals surface area contributed by atoms with Crippen molar-refractivity contribution in [1.82, 2.24) is 0 Å². The van der Waals surface area contributed by atoms with Crippen LogP contribution in [-0.2, 0) is 9.53 Å². The molecule has 0 heterocycles. The van der Waals surface area contributed by atoms with Crippen molar-refractivity contribution < 1.29 is 9.53 Å². The van der Waals surface area contributed by atoms with Crippen LogP contribution in [0.5, 0.6) is 0 Å². The normalized spacial score (nSPS) is 14.5. The molecule has 0 fully saturated rings. The summed E-state index contributed by atoms with van der Waals surface area (Å²) in [4.78, 5) is 10.9. The molecule has 0 N–H and O–H groups in total. The summed E-state index contributed by atoms with van der Waals surface area (Å²) >= 11 is 0. The van der Waals surface area contributed by atoms with E-state index in [1.165, 1.54) is 7.11 Å². The number of carbonyl (C=O) groups is 1. The standard InChI is InChI=1S/C9H15NO2/c1-4-8(6-10)5-7(2)9(11)12-3/h7-8H,4-5H2,1-3H3. The lowest BCUT2D eigenvalue weighted by Crippen LogP contribution is -2.15.